The van der Waals surface area contributed by atoms with Crippen LogP contribution in [0.4, 0.5) is 4.39 Å². The Bertz CT molecular complexity index is 602. The zero-order valence-electron chi connectivity index (χ0n) is 14.4. The minimum Gasteiger partial charge on any atom is -0.491 e. The predicted octanol–water partition coefficient (Wildman–Crippen LogP) is 3.62. The van der Waals surface area contributed by atoms with Crippen LogP contribution in [0.25, 0.3) is 0 Å². The van der Waals surface area contributed by atoms with E-state index in [0.717, 1.165) is 25.7 Å². The molecule has 1 aromatic carbocycles. The predicted molar refractivity (Wildman–Crippen MR) is 90.3 cm³/mol. The molecule has 132 valence electrons. The lowest BCUT2D eigenvalue weighted by Gasteiger charge is -2.28. The van der Waals surface area contributed by atoms with Crippen molar-refractivity contribution < 1.29 is 14.2 Å². The molecular formula is C18H26FN3O2. The van der Waals surface area contributed by atoms with Crippen LogP contribution in [0.3, 0.4) is 0 Å². The van der Waals surface area contributed by atoms with E-state index in [1.165, 1.54) is 12.4 Å². The standard InChI is InChI=1S/C18H26FN3O2/c1-18(2,12-23)11-15(22-14-20-13-21-22)7-5-6-10-24-17-9-4-3-8-16(17)19/h3-4,8-9,13-15,23H,5-7,10-12H2,1-2H3. The Hall–Kier alpha value is -1.95. The number of benzene rings is 1. The molecule has 0 aliphatic heterocycles. The first-order chi connectivity index (χ1) is 11.5. The summed E-state index contributed by atoms with van der Waals surface area (Å²) < 4.78 is 20.8. The van der Waals surface area contributed by atoms with Crippen molar-refractivity contribution in [2.45, 2.75) is 45.6 Å². The molecule has 0 amide bonds. The van der Waals surface area contributed by atoms with Crippen molar-refractivity contribution in [3.63, 3.8) is 0 Å². The molecule has 0 saturated heterocycles. The molecule has 1 unspecified atom stereocenters. The summed E-state index contributed by atoms with van der Waals surface area (Å²) in [6.07, 6.45) is 6.74. The maximum atomic E-state index is 13.5. The lowest BCUT2D eigenvalue weighted by Crippen LogP contribution is -2.23. The molecule has 2 rings (SSSR count). The maximum Gasteiger partial charge on any atom is 0.165 e. The Kier molecular flexibility index (Phi) is 6.73. The molecule has 1 aromatic heterocycles. The van der Waals surface area contributed by atoms with Gasteiger partial charge in [0.2, 0.25) is 0 Å². The molecule has 2 aromatic rings. The van der Waals surface area contributed by atoms with E-state index in [-0.39, 0.29) is 23.9 Å². The van der Waals surface area contributed by atoms with E-state index in [4.69, 9.17) is 4.74 Å². The molecule has 24 heavy (non-hydrogen) atoms. The van der Waals surface area contributed by atoms with Gasteiger partial charge >= 0.3 is 0 Å². The monoisotopic (exact) mass is 335 g/mol. The van der Waals surface area contributed by atoms with Gasteiger partial charge in [-0.25, -0.2) is 14.1 Å². The van der Waals surface area contributed by atoms with E-state index in [9.17, 15) is 9.50 Å². The van der Waals surface area contributed by atoms with Gasteiger partial charge in [0.15, 0.2) is 11.6 Å². The van der Waals surface area contributed by atoms with Crippen LogP contribution in [0.2, 0.25) is 0 Å². The number of hydrogen-bond acceptors (Lipinski definition) is 4. The summed E-state index contributed by atoms with van der Waals surface area (Å²) in [7, 11) is 0. The Morgan fingerprint density at radius 1 is 1.29 bits per heavy atom. The van der Waals surface area contributed by atoms with Crippen LogP contribution in [0, 0.1) is 11.2 Å². The van der Waals surface area contributed by atoms with Gasteiger partial charge in [0.1, 0.15) is 12.7 Å². The van der Waals surface area contributed by atoms with Crippen molar-refractivity contribution in [2.75, 3.05) is 13.2 Å². The van der Waals surface area contributed by atoms with E-state index in [1.807, 2.05) is 18.5 Å². The lowest BCUT2D eigenvalue weighted by molar-refractivity contribution is 0.125. The van der Waals surface area contributed by atoms with Crippen molar-refractivity contribution in [2.24, 2.45) is 5.41 Å². The number of nitrogens with zero attached hydrogens (tertiary/aromatic N) is 3. The van der Waals surface area contributed by atoms with E-state index in [0.29, 0.717) is 12.4 Å². The Morgan fingerprint density at radius 2 is 2.08 bits per heavy atom. The van der Waals surface area contributed by atoms with Crippen LogP contribution in [0.1, 0.15) is 45.6 Å². The number of unbranched alkanes of at least 4 members (excludes halogenated alkanes) is 1. The highest BCUT2D eigenvalue weighted by atomic mass is 19.1. The second-order valence-electron chi connectivity index (χ2n) is 6.83. The molecule has 5 nitrogen and oxygen atoms in total. The molecule has 6 heteroatoms. The second kappa shape index (κ2) is 8.78. The molecule has 1 atom stereocenters. The Balaban J connectivity index is 1.79. The van der Waals surface area contributed by atoms with E-state index < -0.39 is 0 Å². The van der Waals surface area contributed by atoms with Crippen LogP contribution >= 0.6 is 0 Å². The van der Waals surface area contributed by atoms with Gasteiger partial charge in [0.05, 0.1) is 12.6 Å². The maximum absolute atomic E-state index is 13.5. The van der Waals surface area contributed by atoms with Crippen molar-refractivity contribution in [3.8, 4) is 5.75 Å². The van der Waals surface area contributed by atoms with Crippen molar-refractivity contribution in [1.29, 1.82) is 0 Å². The van der Waals surface area contributed by atoms with Crippen LogP contribution in [0.15, 0.2) is 36.9 Å². The fraction of sp³-hybridized carbons (Fsp3) is 0.556. The largest absolute Gasteiger partial charge is 0.491 e. The summed E-state index contributed by atoms with van der Waals surface area (Å²) >= 11 is 0. The van der Waals surface area contributed by atoms with Crippen molar-refractivity contribution in [1.82, 2.24) is 14.8 Å². The SMILES string of the molecule is CC(C)(CO)CC(CCCCOc1ccccc1F)n1cncn1. The Morgan fingerprint density at radius 3 is 2.75 bits per heavy atom. The van der Waals surface area contributed by atoms with Gasteiger partial charge < -0.3 is 9.84 Å². The summed E-state index contributed by atoms with van der Waals surface area (Å²) in [6.45, 7) is 4.69. The number of aliphatic hydroxyl groups excluding tert-OH is 1. The number of aliphatic hydroxyl groups is 1. The van der Waals surface area contributed by atoms with Gasteiger partial charge in [-0.3, -0.25) is 0 Å². The molecule has 0 saturated carbocycles. The van der Waals surface area contributed by atoms with Crippen molar-refractivity contribution in [3.05, 3.63) is 42.7 Å². The minimum atomic E-state index is -0.331. The molecule has 1 N–H and O–H groups in total. The number of halogens is 1. The molecule has 0 radical (unpaired) electrons. The summed E-state index contributed by atoms with van der Waals surface area (Å²) in [5.41, 5.74) is -0.166. The highest BCUT2D eigenvalue weighted by molar-refractivity contribution is 5.23. The molecule has 0 fully saturated rings. The highest BCUT2D eigenvalue weighted by Gasteiger charge is 2.24. The van der Waals surface area contributed by atoms with Crippen LogP contribution < -0.4 is 4.74 Å². The topological polar surface area (TPSA) is 60.2 Å². The number of aromatic nitrogens is 3. The van der Waals surface area contributed by atoms with Gasteiger partial charge in [-0.2, -0.15) is 5.10 Å². The summed E-state index contributed by atoms with van der Waals surface area (Å²) in [6, 6.07) is 6.62. The van der Waals surface area contributed by atoms with Gasteiger partial charge in [-0.05, 0) is 43.2 Å². The molecular weight excluding hydrogens is 309 g/mol. The smallest absolute Gasteiger partial charge is 0.165 e. The summed E-state index contributed by atoms with van der Waals surface area (Å²) in [5, 5.41) is 13.7. The molecule has 0 bridgehead atoms. The van der Waals surface area contributed by atoms with E-state index in [1.54, 1.807) is 24.5 Å². The fourth-order valence-electron chi connectivity index (χ4n) is 2.66. The van der Waals surface area contributed by atoms with Crippen molar-refractivity contribution >= 4 is 0 Å². The summed E-state index contributed by atoms with van der Waals surface area (Å²) in [5.74, 6) is -0.0329. The number of ether oxygens (including phenoxy) is 1. The first kappa shape index (κ1) is 18.4. The quantitative estimate of drug-likeness (QED) is 0.674. The summed E-state index contributed by atoms with van der Waals surface area (Å²) in [4.78, 5) is 4.02. The van der Waals surface area contributed by atoms with Crippen LogP contribution in [-0.4, -0.2) is 33.1 Å². The van der Waals surface area contributed by atoms with Crippen LogP contribution in [0.5, 0.6) is 5.75 Å². The zero-order valence-corrected chi connectivity index (χ0v) is 14.4. The van der Waals surface area contributed by atoms with E-state index >= 15 is 0 Å². The third-order valence-electron chi connectivity index (χ3n) is 4.05. The van der Waals surface area contributed by atoms with Gasteiger partial charge in [0, 0.05) is 6.61 Å². The van der Waals surface area contributed by atoms with Gasteiger partial charge in [-0.15, -0.1) is 0 Å². The lowest BCUT2D eigenvalue weighted by atomic mass is 9.85. The number of para-hydroxylation sites is 1. The zero-order chi connectivity index (χ0) is 17.4. The highest BCUT2D eigenvalue weighted by Crippen LogP contribution is 2.30. The molecule has 0 aliphatic carbocycles. The Labute approximate surface area is 142 Å². The van der Waals surface area contributed by atoms with Gasteiger partial charge in [0.25, 0.3) is 0 Å². The number of rotatable bonds is 10. The third-order valence-corrected chi connectivity index (χ3v) is 4.05. The third kappa shape index (κ3) is 5.60. The first-order valence-electron chi connectivity index (χ1n) is 8.34. The minimum absolute atomic E-state index is 0.134. The first-order valence-corrected chi connectivity index (χ1v) is 8.34. The average Bonchev–Trinajstić information content (AvgIpc) is 3.09. The molecule has 0 spiro atoms. The number of hydrogen-bond donors (Lipinski definition) is 1. The fourth-order valence-corrected chi connectivity index (χ4v) is 2.66. The molecule has 1 heterocycles. The molecule has 0 aliphatic rings. The second-order valence-corrected chi connectivity index (χ2v) is 6.83. The normalized spacial score (nSPS) is 13.0. The van der Waals surface area contributed by atoms with Crippen LogP contribution in [-0.2, 0) is 0 Å². The van der Waals surface area contributed by atoms with E-state index in [2.05, 4.69) is 10.1 Å². The average molecular weight is 335 g/mol. The van der Waals surface area contributed by atoms with Gasteiger partial charge in [-0.1, -0.05) is 26.0 Å².